The summed E-state index contributed by atoms with van der Waals surface area (Å²) < 4.78 is 47.3. The molecule has 1 N–H and O–H groups in total. The smallest absolute Gasteiger partial charge is 0.267 e. The fraction of sp³-hybridized carbons (Fsp3) is 0.174. The van der Waals surface area contributed by atoms with Gasteiger partial charge in [-0.1, -0.05) is 29.8 Å². The summed E-state index contributed by atoms with van der Waals surface area (Å²) in [6.07, 6.45) is -1.11. The van der Waals surface area contributed by atoms with Crippen LogP contribution in [-0.2, 0) is 14.8 Å². The SMILES string of the molecule is Cc1ccc(S(=O)(=O)N2CC(C(=O)Nc3cccc(F)c3)Oc3cc(C)ccc32)cc1. The highest BCUT2D eigenvalue weighted by atomic mass is 32.2. The molecule has 0 bridgehead atoms. The Morgan fingerprint density at radius 2 is 1.74 bits per heavy atom. The van der Waals surface area contributed by atoms with Gasteiger partial charge in [0.2, 0.25) is 0 Å². The number of carbonyl (C=O) groups is 1. The van der Waals surface area contributed by atoms with Crippen molar-refractivity contribution < 1.29 is 22.3 Å². The maximum atomic E-state index is 13.5. The molecule has 3 aromatic carbocycles. The fourth-order valence-electron chi connectivity index (χ4n) is 3.35. The second-order valence-electron chi connectivity index (χ2n) is 7.43. The Hall–Kier alpha value is -3.39. The Bertz CT molecular complexity index is 1240. The third-order valence-electron chi connectivity index (χ3n) is 4.98. The average molecular weight is 440 g/mol. The van der Waals surface area contributed by atoms with Crippen molar-refractivity contribution >= 4 is 27.3 Å². The van der Waals surface area contributed by atoms with E-state index in [0.717, 1.165) is 11.1 Å². The quantitative estimate of drug-likeness (QED) is 0.665. The zero-order valence-electron chi connectivity index (χ0n) is 17.0. The second kappa shape index (κ2) is 8.03. The van der Waals surface area contributed by atoms with Crippen molar-refractivity contribution in [3.8, 4) is 5.75 Å². The Labute approximate surface area is 180 Å². The van der Waals surface area contributed by atoms with Gasteiger partial charge in [0.1, 0.15) is 11.6 Å². The Balaban J connectivity index is 1.70. The Morgan fingerprint density at radius 3 is 2.45 bits per heavy atom. The number of nitrogens with one attached hydrogen (secondary N) is 1. The van der Waals surface area contributed by atoms with Crippen LogP contribution in [0.15, 0.2) is 71.6 Å². The van der Waals surface area contributed by atoms with Crippen molar-refractivity contribution in [3.63, 3.8) is 0 Å². The summed E-state index contributed by atoms with van der Waals surface area (Å²) in [6.45, 7) is 3.50. The first-order chi connectivity index (χ1) is 14.7. The third-order valence-corrected chi connectivity index (χ3v) is 6.77. The van der Waals surface area contributed by atoms with E-state index >= 15 is 0 Å². The number of anilines is 2. The van der Waals surface area contributed by atoms with Gasteiger partial charge in [-0.05, 0) is 61.9 Å². The van der Waals surface area contributed by atoms with Crippen molar-refractivity contribution in [2.75, 3.05) is 16.2 Å². The first-order valence-corrected chi connectivity index (χ1v) is 11.1. The lowest BCUT2D eigenvalue weighted by Gasteiger charge is -2.35. The predicted octanol–water partition coefficient (Wildman–Crippen LogP) is 4.04. The molecule has 1 atom stereocenters. The van der Waals surface area contributed by atoms with E-state index in [1.807, 2.05) is 13.8 Å². The average Bonchev–Trinajstić information content (AvgIpc) is 2.73. The minimum Gasteiger partial charge on any atom is -0.476 e. The van der Waals surface area contributed by atoms with Gasteiger partial charge in [0.15, 0.2) is 6.10 Å². The molecule has 3 aromatic rings. The molecule has 1 unspecified atom stereocenters. The van der Waals surface area contributed by atoms with Crippen LogP contribution in [0, 0.1) is 19.7 Å². The van der Waals surface area contributed by atoms with Crippen LogP contribution in [0.3, 0.4) is 0 Å². The molecule has 0 fully saturated rings. The van der Waals surface area contributed by atoms with Gasteiger partial charge < -0.3 is 10.1 Å². The minimum atomic E-state index is -3.94. The molecule has 0 radical (unpaired) electrons. The largest absolute Gasteiger partial charge is 0.476 e. The third kappa shape index (κ3) is 4.25. The minimum absolute atomic E-state index is 0.121. The van der Waals surface area contributed by atoms with E-state index in [-0.39, 0.29) is 17.1 Å². The molecule has 160 valence electrons. The molecule has 1 aliphatic rings. The number of halogens is 1. The number of ether oxygens (including phenoxy) is 1. The number of rotatable bonds is 4. The molecule has 6 nitrogen and oxygen atoms in total. The lowest BCUT2D eigenvalue weighted by Crippen LogP contribution is -2.48. The van der Waals surface area contributed by atoms with Gasteiger partial charge in [-0.15, -0.1) is 0 Å². The first kappa shape index (κ1) is 20.9. The highest BCUT2D eigenvalue weighted by Gasteiger charge is 2.37. The number of nitrogens with zero attached hydrogens (tertiary/aromatic N) is 1. The van der Waals surface area contributed by atoms with Gasteiger partial charge in [-0.2, -0.15) is 0 Å². The van der Waals surface area contributed by atoms with Crippen LogP contribution in [0.2, 0.25) is 0 Å². The summed E-state index contributed by atoms with van der Waals surface area (Å²) in [5.41, 5.74) is 2.42. The van der Waals surface area contributed by atoms with E-state index in [0.29, 0.717) is 11.4 Å². The number of benzene rings is 3. The van der Waals surface area contributed by atoms with Gasteiger partial charge in [-0.25, -0.2) is 12.8 Å². The monoisotopic (exact) mass is 440 g/mol. The highest BCUT2D eigenvalue weighted by molar-refractivity contribution is 7.92. The summed E-state index contributed by atoms with van der Waals surface area (Å²) in [4.78, 5) is 13.0. The topological polar surface area (TPSA) is 75.7 Å². The van der Waals surface area contributed by atoms with Crippen molar-refractivity contribution in [3.05, 3.63) is 83.7 Å². The van der Waals surface area contributed by atoms with Crippen molar-refractivity contribution in [2.45, 2.75) is 24.8 Å². The summed E-state index contributed by atoms with van der Waals surface area (Å²) in [5, 5.41) is 2.59. The molecule has 0 aromatic heterocycles. The van der Waals surface area contributed by atoms with Crippen LogP contribution < -0.4 is 14.4 Å². The van der Waals surface area contributed by atoms with Crippen LogP contribution >= 0.6 is 0 Å². The molecular weight excluding hydrogens is 419 g/mol. The van der Waals surface area contributed by atoms with E-state index in [2.05, 4.69) is 5.32 Å². The van der Waals surface area contributed by atoms with E-state index < -0.39 is 27.9 Å². The predicted molar refractivity (Wildman–Crippen MR) is 116 cm³/mol. The molecule has 0 saturated heterocycles. The van der Waals surface area contributed by atoms with Gasteiger partial charge in [0.05, 0.1) is 17.1 Å². The highest BCUT2D eigenvalue weighted by Crippen LogP contribution is 2.38. The number of fused-ring (bicyclic) bond motifs is 1. The molecule has 0 spiro atoms. The molecule has 1 amide bonds. The lowest BCUT2D eigenvalue weighted by molar-refractivity contribution is -0.122. The van der Waals surface area contributed by atoms with Crippen LogP contribution in [0.5, 0.6) is 5.75 Å². The van der Waals surface area contributed by atoms with Crippen LogP contribution in [-0.4, -0.2) is 27.0 Å². The molecular formula is C23H21FN2O4S. The number of sulfonamides is 1. The van der Waals surface area contributed by atoms with Gasteiger partial charge >= 0.3 is 0 Å². The Morgan fingerprint density at radius 1 is 1.03 bits per heavy atom. The first-order valence-electron chi connectivity index (χ1n) is 9.67. The van der Waals surface area contributed by atoms with Crippen LogP contribution in [0.4, 0.5) is 15.8 Å². The fourth-order valence-corrected chi connectivity index (χ4v) is 4.83. The van der Waals surface area contributed by atoms with E-state index in [9.17, 15) is 17.6 Å². The summed E-state index contributed by atoms with van der Waals surface area (Å²) in [5.74, 6) is -0.768. The summed E-state index contributed by atoms with van der Waals surface area (Å²) in [7, 11) is -3.94. The number of hydrogen-bond donors (Lipinski definition) is 1. The number of carbonyl (C=O) groups excluding carboxylic acids is 1. The van der Waals surface area contributed by atoms with Crippen LogP contribution in [0.25, 0.3) is 0 Å². The molecule has 0 saturated carbocycles. The second-order valence-corrected chi connectivity index (χ2v) is 9.29. The van der Waals surface area contributed by atoms with Gasteiger partial charge in [0.25, 0.3) is 15.9 Å². The summed E-state index contributed by atoms with van der Waals surface area (Å²) in [6, 6.07) is 17.1. The standard InChI is InChI=1S/C23H21FN2O4S/c1-15-6-9-19(10-7-15)31(28,29)26-14-22(30-21-12-16(2)8-11-20(21)26)23(27)25-18-5-3-4-17(24)13-18/h3-13,22H,14H2,1-2H3,(H,25,27). The molecule has 31 heavy (non-hydrogen) atoms. The van der Waals surface area contributed by atoms with Gasteiger partial charge in [0, 0.05) is 5.69 Å². The molecule has 1 heterocycles. The normalized spacial score (nSPS) is 15.7. The van der Waals surface area contributed by atoms with Crippen molar-refractivity contribution in [2.24, 2.45) is 0 Å². The summed E-state index contributed by atoms with van der Waals surface area (Å²) >= 11 is 0. The van der Waals surface area contributed by atoms with E-state index in [1.54, 1.807) is 36.4 Å². The number of aryl methyl sites for hydroxylation is 2. The Kier molecular flexibility index (Phi) is 5.41. The maximum Gasteiger partial charge on any atom is 0.267 e. The maximum absolute atomic E-state index is 13.5. The van der Waals surface area contributed by atoms with Crippen molar-refractivity contribution in [1.82, 2.24) is 0 Å². The molecule has 8 heteroatoms. The van der Waals surface area contributed by atoms with E-state index in [4.69, 9.17) is 4.74 Å². The zero-order valence-corrected chi connectivity index (χ0v) is 17.8. The zero-order chi connectivity index (χ0) is 22.2. The number of amides is 1. The molecule has 0 aliphatic carbocycles. The van der Waals surface area contributed by atoms with Crippen molar-refractivity contribution in [1.29, 1.82) is 0 Å². The lowest BCUT2D eigenvalue weighted by atomic mass is 10.1. The molecule has 1 aliphatic heterocycles. The van der Waals surface area contributed by atoms with E-state index in [1.165, 1.54) is 34.6 Å². The van der Waals surface area contributed by atoms with Crippen LogP contribution in [0.1, 0.15) is 11.1 Å². The molecule has 4 rings (SSSR count). The number of hydrogen-bond acceptors (Lipinski definition) is 4. The van der Waals surface area contributed by atoms with Gasteiger partial charge in [-0.3, -0.25) is 9.10 Å².